The SMILES string of the molecule is Cc1cc(N[C@H]2c3ccccc3C[C@H]2CC(=O)O)c2cc(C)c(-c3ccc(Cl)cc3Cl)n2n1. The summed E-state index contributed by atoms with van der Waals surface area (Å²) in [6.45, 7) is 3.98. The molecule has 0 saturated carbocycles. The van der Waals surface area contributed by atoms with Crippen LogP contribution in [0.25, 0.3) is 16.8 Å². The third kappa shape index (κ3) is 3.96. The van der Waals surface area contributed by atoms with Crippen LogP contribution in [0.4, 0.5) is 5.69 Å². The number of hydrogen-bond donors (Lipinski definition) is 2. The fourth-order valence-electron chi connectivity index (χ4n) is 4.97. The van der Waals surface area contributed by atoms with Crippen molar-refractivity contribution in [2.75, 3.05) is 5.32 Å². The normalized spacial score (nSPS) is 17.3. The molecule has 2 aromatic heterocycles. The van der Waals surface area contributed by atoms with Crippen LogP contribution in [0.3, 0.4) is 0 Å². The Kier molecular flexibility index (Phi) is 5.55. The number of fused-ring (bicyclic) bond motifs is 2. The second-order valence-electron chi connectivity index (χ2n) is 8.68. The Morgan fingerprint density at radius 3 is 2.70 bits per heavy atom. The average molecular weight is 480 g/mol. The summed E-state index contributed by atoms with van der Waals surface area (Å²) < 4.78 is 1.91. The van der Waals surface area contributed by atoms with E-state index in [1.807, 2.05) is 48.7 Å². The molecule has 5 nitrogen and oxygen atoms in total. The Balaban J connectivity index is 1.63. The van der Waals surface area contributed by atoms with E-state index in [0.29, 0.717) is 10.0 Å². The number of benzene rings is 2. The lowest BCUT2D eigenvalue weighted by molar-refractivity contribution is -0.138. The predicted molar refractivity (Wildman–Crippen MR) is 132 cm³/mol. The number of halogens is 2. The smallest absolute Gasteiger partial charge is 0.303 e. The molecule has 0 bridgehead atoms. The van der Waals surface area contributed by atoms with Crippen molar-refractivity contribution < 1.29 is 9.90 Å². The van der Waals surface area contributed by atoms with Crippen LogP contribution in [0.1, 0.15) is 34.8 Å². The van der Waals surface area contributed by atoms with Gasteiger partial charge in [0.05, 0.1) is 40.1 Å². The van der Waals surface area contributed by atoms with Crippen molar-refractivity contribution in [3.05, 3.63) is 87.0 Å². The molecule has 7 heteroatoms. The molecule has 0 aliphatic heterocycles. The van der Waals surface area contributed by atoms with Gasteiger partial charge in [-0.3, -0.25) is 4.79 Å². The number of nitrogens with zero attached hydrogens (tertiary/aromatic N) is 2. The van der Waals surface area contributed by atoms with Crippen LogP contribution in [-0.4, -0.2) is 20.7 Å². The average Bonchev–Trinajstić information content (AvgIpc) is 3.25. The standard InChI is InChI=1S/C26H23Cl2N3O2/c1-14-9-23-22(29-25-17(12-24(32)33)11-16-5-3-4-6-19(16)25)10-15(2)30-31(23)26(14)20-8-7-18(27)13-21(20)28/h3-10,13,17,25,29H,11-12H2,1-2H3,(H,32,33)/t17-,25+/m0/s1. The molecule has 2 heterocycles. The fraction of sp³-hybridized carbons (Fsp3) is 0.231. The highest BCUT2D eigenvalue weighted by Gasteiger charge is 2.34. The molecule has 2 N–H and O–H groups in total. The van der Waals surface area contributed by atoms with E-state index in [2.05, 4.69) is 23.5 Å². The molecule has 33 heavy (non-hydrogen) atoms. The number of hydrogen-bond acceptors (Lipinski definition) is 3. The van der Waals surface area contributed by atoms with Gasteiger partial charge in [0.25, 0.3) is 0 Å². The first-order valence-electron chi connectivity index (χ1n) is 10.8. The van der Waals surface area contributed by atoms with E-state index in [0.717, 1.165) is 45.7 Å². The second kappa shape index (κ2) is 8.40. The van der Waals surface area contributed by atoms with Crippen LogP contribution >= 0.6 is 23.2 Å². The number of anilines is 1. The molecule has 0 fully saturated rings. The van der Waals surface area contributed by atoms with Crippen molar-refractivity contribution in [1.82, 2.24) is 9.61 Å². The first-order valence-corrected chi connectivity index (χ1v) is 11.6. The highest BCUT2D eigenvalue weighted by atomic mass is 35.5. The highest BCUT2D eigenvalue weighted by molar-refractivity contribution is 6.36. The number of nitrogens with one attached hydrogen (secondary N) is 1. The summed E-state index contributed by atoms with van der Waals surface area (Å²) >= 11 is 12.7. The van der Waals surface area contributed by atoms with Crippen LogP contribution in [0.5, 0.6) is 0 Å². The largest absolute Gasteiger partial charge is 0.481 e. The monoisotopic (exact) mass is 479 g/mol. The Hall–Kier alpha value is -3.02. The number of carboxylic acid groups (broad SMARTS) is 1. The van der Waals surface area contributed by atoms with Crippen LogP contribution < -0.4 is 5.32 Å². The predicted octanol–water partition coefficient (Wildman–Crippen LogP) is 6.73. The van der Waals surface area contributed by atoms with E-state index >= 15 is 0 Å². The summed E-state index contributed by atoms with van der Waals surface area (Å²) in [6.07, 6.45) is 0.852. The van der Waals surface area contributed by atoms with Crippen molar-refractivity contribution in [3.63, 3.8) is 0 Å². The van der Waals surface area contributed by atoms with Crippen molar-refractivity contribution in [3.8, 4) is 11.3 Å². The van der Waals surface area contributed by atoms with Gasteiger partial charge in [0.1, 0.15) is 0 Å². The molecule has 0 saturated heterocycles. The number of carboxylic acids is 1. The van der Waals surface area contributed by atoms with Crippen molar-refractivity contribution in [2.24, 2.45) is 5.92 Å². The number of carbonyl (C=O) groups is 1. The van der Waals surface area contributed by atoms with Crippen LogP contribution in [0.15, 0.2) is 54.6 Å². The van der Waals surface area contributed by atoms with Gasteiger partial charge in [-0.2, -0.15) is 5.10 Å². The van der Waals surface area contributed by atoms with E-state index in [1.165, 1.54) is 5.56 Å². The third-order valence-corrected chi connectivity index (χ3v) is 6.88. The van der Waals surface area contributed by atoms with E-state index in [-0.39, 0.29) is 18.4 Å². The van der Waals surface area contributed by atoms with Gasteiger partial charge in [0.2, 0.25) is 0 Å². The van der Waals surface area contributed by atoms with Gasteiger partial charge in [-0.25, -0.2) is 4.52 Å². The maximum Gasteiger partial charge on any atom is 0.303 e. The molecule has 1 aliphatic rings. The molecule has 2 atom stereocenters. The molecule has 0 spiro atoms. The summed E-state index contributed by atoms with van der Waals surface area (Å²) in [5, 5.41) is 19.1. The van der Waals surface area contributed by atoms with Gasteiger partial charge in [0, 0.05) is 10.6 Å². The Bertz CT molecular complexity index is 1400. The van der Waals surface area contributed by atoms with Gasteiger partial charge < -0.3 is 10.4 Å². The third-order valence-electron chi connectivity index (χ3n) is 6.33. The maximum atomic E-state index is 11.6. The molecule has 1 aliphatic carbocycles. The van der Waals surface area contributed by atoms with Crippen molar-refractivity contribution in [1.29, 1.82) is 0 Å². The number of rotatable bonds is 5. The number of aliphatic carboxylic acids is 1. The summed E-state index contributed by atoms with van der Waals surface area (Å²) in [6, 6.07) is 17.7. The first kappa shape index (κ1) is 21.8. The van der Waals surface area contributed by atoms with Crippen LogP contribution in [0.2, 0.25) is 10.0 Å². The molecule has 0 amide bonds. The molecular formula is C26H23Cl2N3O2. The molecule has 0 radical (unpaired) electrons. The summed E-state index contributed by atoms with van der Waals surface area (Å²) in [5.74, 6) is -0.816. The molecular weight excluding hydrogens is 457 g/mol. The summed E-state index contributed by atoms with van der Waals surface area (Å²) in [5.41, 5.74) is 7.83. The molecule has 0 unspecified atom stereocenters. The maximum absolute atomic E-state index is 11.6. The van der Waals surface area contributed by atoms with Gasteiger partial charge in [-0.1, -0.05) is 47.5 Å². The second-order valence-corrected chi connectivity index (χ2v) is 9.52. The first-order chi connectivity index (χ1) is 15.8. The Labute approximate surface area is 202 Å². The molecule has 5 rings (SSSR count). The molecule has 168 valence electrons. The van der Waals surface area contributed by atoms with Crippen LogP contribution in [-0.2, 0) is 11.2 Å². The lowest BCUT2D eigenvalue weighted by atomic mass is 9.96. The minimum absolute atomic E-state index is 0.0327. The zero-order chi connectivity index (χ0) is 23.3. The van der Waals surface area contributed by atoms with Crippen molar-refractivity contribution >= 4 is 40.4 Å². The van der Waals surface area contributed by atoms with Crippen molar-refractivity contribution in [2.45, 2.75) is 32.7 Å². The minimum atomic E-state index is -0.783. The van der Waals surface area contributed by atoms with E-state index in [4.69, 9.17) is 28.3 Å². The van der Waals surface area contributed by atoms with Gasteiger partial charge in [-0.15, -0.1) is 0 Å². The Morgan fingerprint density at radius 1 is 1.15 bits per heavy atom. The van der Waals surface area contributed by atoms with Crippen LogP contribution in [0, 0.1) is 19.8 Å². The van der Waals surface area contributed by atoms with E-state index < -0.39 is 5.97 Å². The molecule has 2 aromatic carbocycles. The van der Waals surface area contributed by atoms with E-state index in [1.54, 1.807) is 6.07 Å². The quantitative estimate of drug-likeness (QED) is 0.333. The van der Waals surface area contributed by atoms with Gasteiger partial charge >= 0.3 is 5.97 Å². The topological polar surface area (TPSA) is 66.6 Å². The highest BCUT2D eigenvalue weighted by Crippen LogP contribution is 2.42. The zero-order valence-corrected chi connectivity index (χ0v) is 19.8. The van der Waals surface area contributed by atoms with Gasteiger partial charge in [0.15, 0.2) is 0 Å². The number of aromatic nitrogens is 2. The summed E-state index contributed by atoms with van der Waals surface area (Å²) in [4.78, 5) is 11.6. The van der Waals surface area contributed by atoms with Gasteiger partial charge in [-0.05, 0) is 73.2 Å². The Morgan fingerprint density at radius 2 is 1.94 bits per heavy atom. The minimum Gasteiger partial charge on any atom is -0.481 e. The number of aryl methyl sites for hydroxylation is 2. The lowest BCUT2D eigenvalue weighted by Crippen LogP contribution is -2.20. The zero-order valence-electron chi connectivity index (χ0n) is 18.3. The molecule has 4 aromatic rings. The fourth-order valence-corrected chi connectivity index (χ4v) is 5.46. The van der Waals surface area contributed by atoms with E-state index in [9.17, 15) is 9.90 Å². The summed E-state index contributed by atoms with van der Waals surface area (Å²) in [7, 11) is 0. The lowest BCUT2D eigenvalue weighted by Gasteiger charge is -2.23.